The minimum absolute atomic E-state index is 0.244. The zero-order valence-electron chi connectivity index (χ0n) is 8.24. The number of hydrogen-bond acceptors (Lipinski definition) is 3. The highest BCUT2D eigenvalue weighted by molar-refractivity contribution is 6.33. The second kappa shape index (κ2) is 4.28. The molecule has 82 valence electrons. The summed E-state index contributed by atoms with van der Waals surface area (Å²) in [6, 6.07) is 8.09. The first kappa shape index (κ1) is 10.6. The van der Waals surface area contributed by atoms with Crippen LogP contribution in [0.3, 0.4) is 0 Å². The fourth-order valence-electron chi connectivity index (χ4n) is 1.22. The van der Waals surface area contributed by atoms with Crippen LogP contribution in [0.2, 0.25) is 5.02 Å². The van der Waals surface area contributed by atoms with Gasteiger partial charge in [-0.25, -0.2) is 0 Å². The maximum atomic E-state index is 11.6. The molecule has 2 rings (SSSR count). The van der Waals surface area contributed by atoms with Gasteiger partial charge in [0.2, 0.25) is 0 Å². The standard InChI is InChI=1S/C11H9ClN2O2/c12-8-4-3-7(6-9(8)13)14-11(15)10-2-1-5-16-10/h1-6H,13H2,(H,14,15). The molecule has 0 atom stereocenters. The molecule has 0 aliphatic rings. The monoisotopic (exact) mass is 236 g/mol. The zero-order valence-corrected chi connectivity index (χ0v) is 8.99. The molecule has 5 heteroatoms. The number of nitrogens with two attached hydrogens (primary N) is 1. The van der Waals surface area contributed by atoms with Crippen LogP contribution in [0.5, 0.6) is 0 Å². The summed E-state index contributed by atoms with van der Waals surface area (Å²) in [5.74, 6) is -0.0831. The Labute approximate surface area is 97.0 Å². The fraction of sp³-hybridized carbons (Fsp3) is 0. The first-order valence-electron chi connectivity index (χ1n) is 4.56. The predicted molar refractivity (Wildman–Crippen MR) is 62.5 cm³/mol. The van der Waals surface area contributed by atoms with Gasteiger partial charge in [-0.15, -0.1) is 0 Å². The molecule has 0 saturated heterocycles. The van der Waals surface area contributed by atoms with Gasteiger partial charge in [0.1, 0.15) is 0 Å². The SMILES string of the molecule is Nc1cc(NC(=O)c2ccco2)ccc1Cl. The molecule has 1 amide bonds. The van der Waals surface area contributed by atoms with E-state index in [1.807, 2.05) is 0 Å². The molecule has 0 aliphatic carbocycles. The third kappa shape index (κ3) is 2.17. The molecular formula is C11H9ClN2O2. The van der Waals surface area contributed by atoms with Crippen LogP contribution in [-0.2, 0) is 0 Å². The van der Waals surface area contributed by atoms with Crippen LogP contribution in [0.15, 0.2) is 41.0 Å². The van der Waals surface area contributed by atoms with Crippen molar-refractivity contribution < 1.29 is 9.21 Å². The molecule has 4 nitrogen and oxygen atoms in total. The van der Waals surface area contributed by atoms with Gasteiger partial charge in [-0.05, 0) is 30.3 Å². The lowest BCUT2D eigenvalue weighted by Crippen LogP contribution is -2.10. The summed E-state index contributed by atoms with van der Waals surface area (Å²) in [4.78, 5) is 11.6. The second-order valence-electron chi connectivity index (χ2n) is 3.17. The van der Waals surface area contributed by atoms with Gasteiger partial charge in [-0.3, -0.25) is 4.79 Å². The van der Waals surface area contributed by atoms with Crippen molar-refractivity contribution >= 4 is 28.9 Å². The van der Waals surface area contributed by atoms with Gasteiger partial charge >= 0.3 is 0 Å². The van der Waals surface area contributed by atoms with Crippen molar-refractivity contribution in [1.82, 2.24) is 0 Å². The van der Waals surface area contributed by atoms with E-state index in [-0.39, 0.29) is 11.7 Å². The Morgan fingerprint density at radius 1 is 1.38 bits per heavy atom. The molecule has 0 saturated carbocycles. The van der Waals surface area contributed by atoms with Crippen molar-refractivity contribution in [2.75, 3.05) is 11.1 Å². The lowest BCUT2D eigenvalue weighted by Gasteiger charge is -2.04. The smallest absolute Gasteiger partial charge is 0.291 e. The highest BCUT2D eigenvalue weighted by Crippen LogP contribution is 2.22. The number of halogens is 1. The summed E-state index contributed by atoms with van der Waals surface area (Å²) in [6.45, 7) is 0. The first-order valence-corrected chi connectivity index (χ1v) is 4.94. The van der Waals surface area contributed by atoms with Gasteiger partial charge < -0.3 is 15.5 Å². The number of nitrogen functional groups attached to an aromatic ring is 1. The van der Waals surface area contributed by atoms with Crippen LogP contribution in [0.25, 0.3) is 0 Å². The zero-order chi connectivity index (χ0) is 11.5. The van der Waals surface area contributed by atoms with Crippen LogP contribution in [0, 0.1) is 0 Å². The van der Waals surface area contributed by atoms with E-state index < -0.39 is 0 Å². The normalized spacial score (nSPS) is 10.1. The van der Waals surface area contributed by atoms with E-state index in [4.69, 9.17) is 21.8 Å². The van der Waals surface area contributed by atoms with Gasteiger partial charge in [0, 0.05) is 5.69 Å². The quantitative estimate of drug-likeness (QED) is 0.788. The first-order chi connectivity index (χ1) is 7.66. The van der Waals surface area contributed by atoms with Crippen molar-refractivity contribution in [3.8, 4) is 0 Å². The molecule has 1 heterocycles. The minimum atomic E-state index is -0.327. The Bertz CT molecular complexity index is 509. The Kier molecular flexibility index (Phi) is 2.83. The van der Waals surface area contributed by atoms with E-state index >= 15 is 0 Å². The number of amides is 1. The van der Waals surface area contributed by atoms with Crippen molar-refractivity contribution in [3.05, 3.63) is 47.4 Å². The predicted octanol–water partition coefficient (Wildman–Crippen LogP) is 2.77. The van der Waals surface area contributed by atoms with E-state index in [0.29, 0.717) is 16.4 Å². The lowest BCUT2D eigenvalue weighted by molar-refractivity contribution is 0.0996. The highest BCUT2D eigenvalue weighted by atomic mass is 35.5. The molecule has 3 N–H and O–H groups in total. The molecule has 0 spiro atoms. The molecule has 0 aliphatic heterocycles. The van der Waals surface area contributed by atoms with E-state index in [0.717, 1.165) is 0 Å². The molecule has 1 aromatic carbocycles. The summed E-state index contributed by atoms with van der Waals surface area (Å²) in [7, 11) is 0. The van der Waals surface area contributed by atoms with Gasteiger partial charge in [-0.1, -0.05) is 11.6 Å². The third-order valence-electron chi connectivity index (χ3n) is 2.00. The van der Waals surface area contributed by atoms with Crippen molar-refractivity contribution in [1.29, 1.82) is 0 Å². The van der Waals surface area contributed by atoms with Crippen LogP contribution < -0.4 is 11.1 Å². The average Bonchev–Trinajstić information content (AvgIpc) is 2.77. The third-order valence-corrected chi connectivity index (χ3v) is 2.34. The fourth-order valence-corrected chi connectivity index (χ4v) is 1.34. The van der Waals surface area contributed by atoms with Crippen LogP contribution in [-0.4, -0.2) is 5.91 Å². The molecule has 0 bridgehead atoms. The van der Waals surface area contributed by atoms with Crippen molar-refractivity contribution in [2.24, 2.45) is 0 Å². The Hall–Kier alpha value is -1.94. The number of hydrogen-bond donors (Lipinski definition) is 2. The lowest BCUT2D eigenvalue weighted by atomic mass is 10.2. The Morgan fingerprint density at radius 2 is 2.19 bits per heavy atom. The molecule has 0 unspecified atom stereocenters. The largest absolute Gasteiger partial charge is 0.459 e. The topological polar surface area (TPSA) is 68.3 Å². The van der Waals surface area contributed by atoms with Crippen LogP contribution >= 0.6 is 11.6 Å². The van der Waals surface area contributed by atoms with Gasteiger partial charge in [-0.2, -0.15) is 0 Å². The summed E-state index contributed by atoms with van der Waals surface area (Å²) in [6.07, 6.45) is 1.44. The maximum Gasteiger partial charge on any atom is 0.291 e. The number of furan rings is 1. The van der Waals surface area contributed by atoms with Gasteiger partial charge in [0.05, 0.1) is 17.0 Å². The second-order valence-corrected chi connectivity index (χ2v) is 3.57. The maximum absolute atomic E-state index is 11.6. The van der Waals surface area contributed by atoms with Crippen LogP contribution in [0.1, 0.15) is 10.6 Å². The molecule has 0 fully saturated rings. The summed E-state index contributed by atoms with van der Waals surface area (Å²) in [5, 5.41) is 3.10. The number of carbonyl (C=O) groups excluding carboxylic acids is 1. The number of carbonyl (C=O) groups is 1. The average molecular weight is 237 g/mol. The Morgan fingerprint density at radius 3 is 2.81 bits per heavy atom. The molecule has 16 heavy (non-hydrogen) atoms. The summed E-state index contributed by atoms with van der Waals surface area (Å²) >= 11 is 5.76. The van der Waals surface area contributed by atoms with E-state index in [1.165, 1.54) is 6.26 Å². The van der Waals surface area contributed by atoms with E-state index in [2.05, 4.69) is 5.32 Å². The Balaban J connectivity index is 2.15. The van der Waals surface area contributed by atoms with Gasteiger partial charge in [0.15, 0.2) is 5.76 Å². The minimum Gasteiger partial charge on any atom is -0.459 e. The summed E-state index contributed by atoms with van der Waals surface area (Å²) < 4.78 is 4.95. The van der Waals surface area contributed by atoms with Crippen molar-refractivity contribution in [3.63, 3.8) is 0 Å². The number of rotatable bonds is 2. The van der Waals surface area contributed by atoms with E-state index in [9.17, 15) is 4.79 Å². The number of nitrogens with one attached hydrogen (secondary N) is 1. The summed E-state index contributed by atoms with van der Waals surface area (Å²) in [5.41, 5.74) is 6.60. The highest BCUT2D eigenvalue weighted by Gasteiger charge is 2.08. The van der Waals surface area contributed by atoms with E-state index in [1.54, 1.807) is 30.3 Å². The molecule has 2 aromatic rings. The van der Waals surface area contributed by atoms with Gasteiger partial charge in [0.25, 0.3) is 5.91 Å². The molecule has 0 radical (unpaired) electrons. The molecule has 1 aromatic heterocycles. The number of benzene rings is 1. The number of anilines is 2. The molecular weight excluding hydrogens is 228 g/mol. The van der Waals surface area contributed by atoms with Crippen molar-refractivity contribution in [2.45, 2.75) is 0 Å². The van der Waals surface area contributed by atoms with Crippen LogP contribution in [0.4, 0.5) is 11.4 Å².